The summed E-state index contributed by atoms with van der Waals surface area (Å²) in [5.74, 6) is -0.777. The number of hydrogen-bond acceptors (Lipinski definition) is 6. The number of piperazine rings is 1. The summed E-state index contributed by atoms with van der Waals surface area (Å²) in [5.41, 5.74) is 2.63. The van der Waals surface area contributed by atoms with Gasteiger partial charge in [-0.3, -0.25) is 14.5 Å². The van der Waals surface area contributed by atoms with Gasteiger partial charge in [0.15, 0.2) is 6.10 Å². The van der Waals surface area contributed by atoms with Gasteiger partial charge in [-0.1, -0.05) is 6.07 Å². The fraction of sp³-hybridized carbons (Fsp3) is 0.409. The summed E-state index contributed by atoms with van der Waals surface area (Å²) in [4.78, 5) is 32.3. The molecule has 0 saturated carbocycles. The van der Waals surface area contributed by atoms with E-state index in [1.54, 1.807) is 37.5 Å². The van der Waals surface area contributed by atoms with Gasteiger partial charge in [0.05, 0.1) is 24.0 Å². The number of nitrogens with zero attached hydrogens (tertiary/aromatic N) is 3. The van der Waals surface area contributed by atoms with Crippen LogP contribution in [0, 0.1) is 0 Å². The second kappa shape index (κ2) is 9.26. The van der Waals surface area contributed by atoms with Crippen LogP contribution < -0.4 is 20.3 Å². The Morgan fingerprint density at radius 3 is 2.61 bits per heavy atom. The van der Waals surface area contributed by atoms with E-state index in [-0.39, 0.29) is 11.7 Å². The Morgan fingerprint density at radius 1 is 1.21 bits per heavy atom. The first-order valence-electron chi connectivity index (χ1n) is 10.5. The molecule has 176 valence electrons. The number of pyridine rings is 1. The first-order chi connectivity index (χ1) is 15.7. The largest absolute Gasteiger partial charge is 0.478 e. The molecular weight excluding hydrogens is 439 g/mol. The van der Waals surface area contributed by atoms with E-state index in [0.29, 0.717) is 17.9 Å². The zero-order valence-corrected chi connectivity index (χ0v) is 18.0. The molecule has 2 aromatic rings. The molecule has 0 spiro atoms. The van der Waals surface area contributed by atoms with Gasteiger partial charge < -0.3 is 20.3 Å². The van der Waals surface area contributed by atoms with Gasteiger partial charge in [-0.15, -0.1) is 0 Å². The normalized spacial score (nSPS) is 18.8. The molecule has 11 heteroatoms. The van der Waals surface area contributed by atoms with Crippen LogP contribution in [0.1, 0.15) is 22.5 Å². The van der Waals surface area contributed by atoms with Gasteiger partial charge >= 0.3 is 6.18 Å². The van der Waals surface area contributed by atoms with Crippen molar-refractivity contribution in [2.45, 2.75) is 25.2 Å². The van der Waals surface area contributed by atoms with E-state index in [0.717, 1.165) is 37.4 Å². The molecule has 0 unspecified atom stereocenters. The van der Waals surface area contributed by atoms with Crippen molar-refractivity contribution >= 4 is 23.2 Å². The molecule has 1 fully saturated rings. The maximum absolute atomic E-state index is 12.6. The van der Waals surface area contributed by atoms with Crippen LogP contribution in [0.25, 0.3) is 0 Å². The third-order valence-electron chi connectivity index (χ3n) is 5.63. The van der Waals surface area contributed by atoms with E-state index in [1.807, 2.05) is 6.07 Å². The van der Waals surface area contributed by atoms with Gasteiger partial charge in [-0.25, -0.2) is 4.98 Å². The van der Waals surface area contributed by atoms with E-state index in [4.69, 9.17) is 4.74 Å². The van der Waals surface area contributed by atoms with Crippen LogP contribution in [-0.2, 0) is 11.3 Å². The molecule has 1 aromatic heterocycles. The summed E-state index contributed by atoms with van der Waals surface area (Å²) in [6, 6.07) is 8.72. The van der Waals surface area contributed by atoms with Crippen molar-refractivity contribution < 1.29 is 27.5 Å². The van der Waals surface area contributed by atoms with E-state index in [2.05, 4.69) is 25.4 Å². The molecule has 0 aliphatic carbocycles. The minimum atomic E-state index is -4.48. The summed E-state index contributed by atoms with van der Waals surface area (Å²) >= 11 is 0. The highest BCUT2D eigenvalue weighted by atomic mass is 19.4. The highest BCUT2D eigenvalue weighted by Crippen LogP contribution is 2.34. The molecule has 0 radical (unpaired) electrons. The predicted molar refractivity (Wildman–Crippen MR) is 115 cm³/mol. The number of halogens is 3. The molecule has 1 atom stereocenters. The molecule has 2 N–H and O–H groups in total. The highest BCUT2D eigenvalue weighted by Gasteiger charge is 2.39. The molecular formula is C22H24F3N5O3. The fourth-order valence-corrected chi connectivity index (χ4v) is 3.90. The SMILES string of the molecule is CNC(=O)c1ccc(N2CCN(Cc3ccc4c(c3)NC(=O)[C@@H](CC(F)(F)F)O4)CC2)cn1. The van der Waals surface area contributed by atoms with Crippen LogP contribution in [0.5, 0.6) is 5.75 Å². The Balaban J connectivity index is 1.33. The molecule has 8 nitrogen and oxygen atoms in total. The van der Waals surface area contributed by atoms with Gasteiger partial charge in [-0.2, -0.15) is 13.2 Å². The van der Waals surface area contributed by atoms with E-state index in [1.165, 1.54) is 0 Å². The standard InChI is InChI=1S/C22H24F3N5O3/c1-26-20(31)16-4-3-15(12-27-16)30-8-6-29(7-9-30)13-14-2-5-18-17(10-14)28-21(32)19(33-18)11-22(23,24)25/h2-5,10,12,19H,6-9,11,13H2,1H3,(H,26,31)(H,28,32)/t19-/m1/s1. The number of amides is 2. The van der Waals surface area contributed by atoms with Gasteiger partial charge in [0.25, 0.3) is 11.8 Å². The van der Waals surface area contributed by atoms with E-state index in [9.17, 15) is 22.8 Å². The summed E-state index contributed by atoms with van der Waals surface area (Å²) in [6.45, 7) is 3.79. The minimum absolute atomic E-state index is 0.228. The topological polar surface area (TPSA) is 86.8 Å². The minimum Gasteiger partial charge on any atom is -0.478 e. The van der Waals surface area contributed by atoms with Crippen LogP contribution in [0.15, 0.2) is 36.5 Å². The van der Waals surface area contributed by atoms with Crippen molar-refractivity contribution in [3.8, 4) is 5.75 Å². The average molecular weight is 463 g/mol. The Bertz CT molecular complexity index is 1020. The molecule has 4 rings (SSSR count). The first-order valence-corrected chi connectivity index (χ1v) is 10.5. The smallest absolute Gasteiger partial charge is 0.393 e. The average Bonchev–Trinajstić information content (AvgIpc) is 2.79. The number of nitrogens with one attached hydrogen (secondary N) is 2. The van der Waals surface area contributed by atoms with Crippen LogP contribution in [0.3, 0.4) is 0 Å². The van der Waals surface area contributed by atoms with Crippen LogP contribution in [0.4, 0.5) is 24.5 Å². The predicted octanol–water partition coefficient (Wildman–Crippen LogP) is 2.42. The van der Waals surface area contributed by atoms with E-state index < -0.39 is 24.6 Å². The van der Waals surface area contributed by atoms with Crippen LogP contribution >= 0.6 is 0 Å². The molecule has 2 aliphatic rings. The van der Waals surface area contributed by atoms with Crippen molar-refractivity contribution in [1.82, 2.24) is 15.2 Å². The number of aromatic nitrogens is 1. The second-order valence-corrected chi connectivity index (χ2v) is 7.99. The van der Waals surface area contributed by atoms with Gasteiger partial charge in [0.1, 0.15) is 11.4 Å². The summed E-state index contributed by atoms with van der Waals surface area (Å²) in [5, 5.41) is 5.07. The number of alkyl halides is 3. The molecule has 2 amide bonds. The zero-order valence-electron chi connectivity index (χ0n) is 18.0. The van der Waals surface area contributed by atoms with Gasteiger partial charge in [-0.05, 0) is 29.8 Å². The molecule has 3 heterocycles. The Labute approximate surface area is 188 Å². The molecule has 33 heavy (non-hydrogen) atoms. The number of hydrogen-bond donors (Lipinski definition) is 2. The lowest BCUT2D eigenvalue weighted by molar-refractivity contribution is -0.158. The number of anilines is 2. The lowest BCUT2D eigenvalue weighted by atomic mass is 10.1. The molecule has 1 saturated heterocycles. The van der Waals surface area contributed by atoms with Crippen molar-refractivity contribution in [2.24, 2.45) is 0 Å². The lowest BCUT2D eigenvalue weighted by Crippen LogP contribution is -2.46. The third-order valence-corrected chi connectivity index (χ3v) is 5.63. The van der Waals surface area contributed by atoms with Gasteiger partial charge in [0, 0.05) is 39.8 Å². The Hall–Kier alpha value is -3.34. The number of benzene rings is 1. The number of ether oxygens (including phenoxy) is 1. The zero-order chi connectivity index (χ0) is 23.6. The third kappa shape index (κ3) is 5.54. The summed E-state index contributed by atoms with van der Waals surface area (Å²) in [7, 11) is 1.56. The molecule has 1 aromatic carbocycles. The van der Waals surface area contributed by atoms with Crippen LogP contribution in [0.2, 0.25) is 0 Å². The maximum atomic E-state index is 12.6. The summed E-state index contributed by atoms with van der Waals surface area (Å²) < 4.78 is 43.2. The van der Waals surface area contributed by atoms with Crippen molar-refractivity contribution in [3.63, 3.8) is 0 Å². The Morgan fingerprint density at radius 2 is 1.97 bits per heavy atom. The monoisotopic (exact) mass is 463 g/mol. The second-order valence-electron chi connectivity index (χ2n) is 7.99. The summed E-state index contributed by atoms with van der Waals surface area (Å²) in [6.07, 6.45) is -5.69. The highest BCUT2D eigenvalue weighted by molar-refractivity contribution is 5.97. The van der Waals surface area contributed by atoms with Gasteiger partial charge in [0.2, 0.25) is 0 Å². The Kier molecular flexibility index (Phi) is 6.41. The number of carbonyl (C=O) groups is 2. The van der Waals surface area contributed by atoms with E-state index >= 15 is 0 Å². The molecule has 2 aliphatic heterocycles. The maximum Gasteiger partial charge on any atom is 0.393 e. The fourth-order valence-electron chi connectivity index (χ4n) is 3.90. The van der Waals surface area contributed by atoms with Crippen molar-refractivity contribution in [1.29, 1.82) is 0 Å². The van der Waals surface area contributed by atoms with Crippen molar-refractivity contribution in [2.75, 3.05) is 43.4 Å². The number of fused-ring (bicyclic) bond motifs is 1. The molecule has 0 bridgehead atoms. The number of carbonyl (C=O) groups excluding carboxylic acids is 2. The number of rotatable bonds is 5. The van der Waals surface area contributed by atoms with Crippen molar-refractivity contribution in [3.05, 3.63) is 47.8 Å². The lowest BCUT2D eigenvalue weighted by Gasteiger charge is -2.36. The first kappa shape index (κ1) is 22.8. The quantitative estimate of drug-likeness (QED) is 0.709. The van der Waals surface area contributed by atoms with Crippen LogP contribution in [-0.4, -0.2) is 67.2 Å².